The quantitative estimate of drug-likeness (QED) is 0.829. The van der Waals surface area contributed by atoms with Gasteiger partial charge in [0, 0.05) is 25.4 Å². The highest BCUT2D eigenvalue weighted by molar-refractivity contribution is 5.81. The summed E-state index contributed by atoms with van der Waals surface area (Å²) in [5.41, 5.74) is 0. The van der Waals surface area contributed by atoms with Crippen molar-refractivity contribution < 1.29 is 14.3 Å². The van der Waals surface area contributed by atoms with Crippen molar-refractivity contribution in [2.75, 3.05) is 26.8 Å². The minimum atomic E-state index is -0.303. The van der Waals surface area contributed by atoms with E-state index in [2.05, 4.69) is 17.3 Å². The van der Waals surface area contributed by atoms with Crippen molar-refractivity contribution in [1.82, 2.24) is 10.2 Å². The molecule has 0 aromatic carbocycles. The Morgan fingerprint density at radius 3 is 2.55 bits per heavy atom. The molecule has 2 aliphatic heterocycles. The number of likely N-dealkylation sites (N-methyl/N-ethyl adjacent to an activating group) is 1. The molecule has 114 valence electrons. The van der Waals surface area contributed by atoms with Crippen LogP contribution in [0.3, 0.4) is 0 Å². The van der Waals surface area contributed by atoms with E-state index >= 15 is 0 Å². The van der Waals surface area contributed by atoms with E-state index in [1.54, 1.807) is 0 Å². The summed E-state index contributed by atoms with van der Waals surface area (Å²) in [5.74, 6) is -0.0954. The van der Waals surface area contributed by atoms with E-state index in [9.17, 15) is 4.79 Å². The van der Waals surface area contributed by atoms with Crippen LogP contribution in [0.1, 0.15) is 44.9 Å². The van der Waals surface area contributed by atoms with Gasteiger partial charge in [-0.2, -0.15) is 0 Å². The number of rotatable bonds is 2. The van der Waals surface area contributed by atoms with E-state index in [0.29, 0.717) is 6.04 Å². The van der Waals surface area contributed by atoms with Gasteiger partial charge in [-0.1, -0.05) is 0 Å². The molecular formula is C15H26N2O3. The smallest absolute Gasteiger partial charge is 0.237 e. The molecule has 1 saturated carbocycles. The minimum Gasteiger partial charge on any atom is -0.355 e. The van der Waals surface area contributed by atoms with Gasteiger partial charge in [-0.3, -0.25) is 9.69 Å². The topological polar surface area (TPSA) is 50.8 Å². The van der Waals surface area contributed by atoms with Crippen molar-refractivity contribution in [2.24, 2.45) is 0 Å². The Balaban J connectivity index is 1.57. The van der Waals surface area contributed by atoms with Crippen molar-refractivity contribution in [3.63, 3.8) is 0 Å². The van der Waals surface area contributed by atoms with E-state index < -0.39 is 0 Å². The third-order valence-electron chi connectivity index (χ3n) is 5.10. The van der Waals surface area contributed by atoms with Gasteiger partial charge < -0.3 is 14.8 Å². The molecule has 2 saturated heterocycles. The molecule has 2 heterocycles. The fourth-order valence-corrected chi connectivity index (χ4v) is 3.80. The van der Waals surface area contributed by atoms with Crippen LogP contribution in [0, 0.1) is 0 Å². The number of nitrogens with one attached hydrogen (secondary N) is 1. The molecule has 1 atom stereocenters. The van der Waals surface area contributed by atoms with Gasteiger partial charge in [0.25, 0.3) is 0 Å². The second kappa shape index (κ2) is 6.00. The molecule has 3 aliphatic rings. The molecule has 3 rings (SSSR count). The third-order valence-corrected chi connectivity index (χ3v) is 5.10. The first kappa shape index (κ1) is 14.3. The number of nitrogens with zero attached hydrogens (tertiary/aromatic N) is 1. The number of hydrogen-bond acceptors (Lipinski definition) is 4. The van der Waals surface area contributed by atoms with Crippen molar-refractivity contribution in [1.29, 1.82) is 0 Å². The first-order chi connectivity index (χ1) is 9.70. The Kier molecular flexibility index (Phi) is 4.29. The lowest BCUT2D eigenvalue weighted by Gasteiger charge is -2.41. The fraction of sp³-hybridized carbons (Fsp3) is 0.933. The lowest BCUT2D eigenvalue weighted by Crippen LogP contribution is -2.51. The van der Waals surface area contributed by atoms with Crippen LogP contribution in [0.4, 0.5) is 0 Å². The first-order valence-corrected chi connectivity index (χ1v) is 7.98. The Hall–Kier alpha value is -0.650. The van der Waals surface area contributed by atoms with Crippen LogP contribution in [0.15, 0.2) is 0 Å². The molecule has 5 nitrogen and oxygen atoms in total. The van der Waals surface area contributed by atoms with Crippen molar-refractivity contribution >= 4 is 5.91 Å². The molecular weight excluding hydrogens is 256 g/mol. The van der Waals surface area contributed by atoms with Crippen molar-refractivity contribution in [3.05, 3.63) is 0 Å². The second-order valence-electron chi connectivity index (χ2n) is 6.31. The molecule has 5 heteroatoms. The highest BCUT2D eigenvalue weighted by Gasteiger charge is 2.42. The number of carbonyl (C=O) groups excluding carboxylic acids is 1. The molecule has 1 unspecified atom stereocenters. The number of hydrogen-bond donors (Lipinski definition) is 1. The van der Waals surface area contributed by atoms with Gasteiger partial charge in [0.05, 0.1) is 19.3 Å². The van der Waals surface area contributed by atoms with Crippen molar-refractivity contribution in [3.8, 4) is 0 Å². The number of ether oxygens (including phenoxy) is 2. The number of amides is 1. The van der Waals surface area contributed by atoms with Gasteiger partial charge in [0.15, 0.2) is 5.79 Å². The maximum absolute atomic E-state index is 12.1. The molecule has 1 amide bonds. The monoisotopic (exact) mass is 282 g/mol. The highest BCUT2D eigenvalue weighted by atomic mass is 16.7. The van der Waals surface area contributed by atoms with Crippen LogP contribution in [-0.2, 0) is 14.3 Å². The van der Waals surface area contributed by atoms with Gasteiger partial charge >= 0.3 is 0 Å². The summed E-state index contributed by atoms with van der Waals surface area (Å²) >= 11 is 0. The van der Waals surface area contributed by atoms with Crippen LogP contribution in [0.25, 0.3) is 0 Å². The summed E-state index contributed by atoms with van der Waals surface area (Å²) in [5, 5.41) is 3.03. The average Bonchev–Trinajstić information content (AvgIpc) is 2.79. The summed E-state index contributed by atoms with van der Waals surface area (Å²) in [6, 6.07) is 0.518. The molecule has 20 heavy (non-hydrogen) atoms. The molecule has 0 bridgehead atoms. The van der Waals surface area contributed by atoms with Gasteiger partial charge in [-0.05, 0) is 39.2 Å². The summed E-state index contributed by atoms with van der Waals surface area (Å²) < 4.78 is 11.6. The highest BCUT2D eigenvalue weighted by Crippen LogP contribution is 2.37. The Morgan fingerprint density at radius 2 is 1.85 bits per heavy atom. The number of carbonyl (C=O) groups is 1. The van der Waals surface area contributed by atoms with E-state index in [1.807, 2.05) is 0 Å². The molecule has 0 aromatic rings. The van der Waals surface area contributed by atoms with Gasteiger partial charge in [0.1, 0.15) is 0 Å². The van der Waals surface area contributed by atoms with Gasteiger partial charge in [-0.25, -0.2) is 0 Å². The fourth-order valence-electron chi connectivity index (χ4n) is 3.80. The molecule has 1 spiro atoms. The summed E-state index contributed by atoms with van der Waals surface area (Å²) in [7, 11) is 2.11. The Labute approximate surface area is 121 Å². The maximum Gasteiger partial charge on any atom is 0.237 e. The van der Waals surface area contributed by atoms with E-state index in [4.69, 9.17) is 9.47 Å². The largest absolute Gasteiger partial charge is 0.355 e. The predicted molar refractivity (Wildman–Crippen MR) is 75.3 cm³/mol. The molecule has 1 aliphatic carbocycles. The van der Waals surface area contributed by atoms with E-state index in [1.165, 1.54) is 0 Å². The minimum absolute atomic E-state index is 0.0435. The van der Waals surface area contributed by atoms with Crippen LogP contribution in [0.5, 0.6) is 0 Å². The molecule has 0 radical (unpaired) electrons. The van der Waals surface area contributed by atoms with Crippen LogP contribution in [0.2, 0.25) is 0 Å². The second-order valence-corrected chi connectivity index (χ2v) is 6.31. The van der Waals surface area contributed by atoms with Crippen LogP contribution < -0.4 is 5.32 Å². The summed E-state index contributed by atoms with van der Waals surface area (Å²) in [6.07, 6.45) is 7.24. The van der Waals surface area contributed by atoms with Crippen LogP contribution in [-0.4, -0.2) is 55.5 Å². The standard InChI is InChI=1S/C15H26N2O3/c1-17(13-4-2-3-9-16-14(13)18)12-5-7-15(8-6-12)19-10-11-20-15/h12-13H,2-11H2,1H3,(H,16,18). The molecule has 3 fully saturated rings. The lowest BCUT2D eigenvalue weighted by molar-refractivity contribution is -0.184. The normalized spacial score (nSPS) is 31.5. The predicted octanol–water partition coefficient (Wildman–Crippen LogP) is 1.27. The Morgan fingerprint density at radius 1 is 1.15 bits per heavy atom. The molecule has 1 N–H and O–H groups in total. The zero-order valence-electron chi connectivity index (χ0n) is 12.4. The van der Waals surface area contributed by atoms with Crippen LogP contribution >= 0.6 is 0 Å². The zero-order valence-corrected chi connectivity index (χ0v) is 12.4. The van der Waals surface area contributed by atoms with E-state index in [-0.39, 0.29) is 17.7 Å². The zero-order chi connectivity index (χ0) is 14.0. The van der Waals surface area contributed by atoms with E-state index in [0.717, 1.165) is 64.7 Å². The van der Waals surface area contributed by atoms with Gasteiger partial charge in [0.2, 0.25) is 5.91 Å². The van der Waals surface area contributed by atoms with Crippen molar-refractivity contribution in [2.45, 2.75) is 62.8 Å². The van der Waals surface area contributed by atoms with Gasteiger partial charge in [-0.15, -0.1) is 0 Å². The lowest BCUT2D eigenvalue weighted by atomic mass is 9.88. The summed E-state index contributed by atoms with van der Waals surface area (Å²) in [4.78, 5) is 14.4. The third kappa shape index (κ3) is 2.85. The first-order valence-electron chi connectivity index (χ1n) is 7.98. The maximum atomic E-state index is 12.1. The average molecular weight is 282 g/mol. The SMILES string of the molecule is CN(C1CCC2(CC1)OCCO2)C1CCCCNC1=O. The Bertz CT molecular complexity index is 345. The molecule has 0 aromatic heterocycles. The summed E-state index contributed by atoms with van der Waals surface area (Å²) in [6.45, 7) is 2.29.